The zero-order valence-corrected chi connectivity index (χ0v) is 12.2. The number of aliphatic hydroxyl groups excluding tert-OH is 4. The van der Waals surface area contributed by atoms with Gasteiger partial charge in [0.25, 0.3) is 0 Å². The topological polar surface area (TPSA) is 148 Å². The Bertz CT molecular complexity index is 384. The first-order valence-corrected chi connectivity index (χ1v) is 6.94. The number of carbonyl (C=O) groups excluding carboxylic acids is 2. The van der Waals surface area contributed by atoms with Crippen molar-refractivity contribution in [1.29, 1.82) is 0 Å². The Morgan fingerprint density at radius 1 is 1.29 bits per heavy atom. The quantitative estimate of drug-likeness (QED) is 0.258. The molecule has 0 aliphatic carbocycles. The molecule has 1 unspecified atom stereocenters. The number of hydrogen-bond acceptors (Lipinski definition) is 8. The second-order valence-electron chi connectivity index (χ2n) is 4.70. The minimum Gasteiger partial charge on any atom is -0.394 e. The Morgan fingerprint density at radius 3 is 2.38 bits per heavy atom. The first kappa shape index (κ1) is 18.1. The molecule has 10 heteroatoms. The van der Waals surface area contributed by atoms with Crippen LogP contribution < -0.4 is 10.6 Å². The summed E-state index contributed by atoms with van der Waals surface area (Å²) in [7, 11) is 0. The van der Waals surface area contributed by atoms with Crippen molar-refractivity contribution in [2.24, 2.45) is 0 Å². The van der Waals surface area contributed by atoms with E-state index in [-0.39, 0.29) is 5.75 Å². The van der Waals surface area contributed by atoms with Crippen LogP contribution in [0.4, 0.5) is 0 Å². The van der Waals surface area contributed by atoms with Crippen LogP contribution in [0.15, 0.2) is 0 Å². The lowest BCUT2D eigenvalue weighted by Gasteiger charge is -2.40. The minimum absolute atomic E-state index is 0.00694. The molecule has 9 nitrogen and oxygen atoms in total. The molecule has 6 atom stereocenters. The van der Waals surface area contributed by atoms with Crippen molar-refractivity contribution in [3.8, 4) is 0 Å². The summed E-state index contributed by atoms with van der Waals surface area (Å²) in [5.74, 6) is -1.13. The molecule has 1 saturated heterocycles. The van der Waals surface area contributed by atoms with E-state index in [1.54, 1.807) is 0 Å². The van der Waals surface area contributed by atoms with E-state index < -0.39 is 55.1 Å². The van der Waals surface area contributed by atoms with E-state index in [0.717, 1.165) is 0 Å². The summed E-state index contributed by atoms with van der Waals surface area (Å²) in [5.41, 5.74) is 0. The van der Waals surface area contributed by atoms with Gasteiger partial charge in [-0.3, -0.25) is 9.59 Å². The number of amides is 2. The van der Waals surface area contributed by atoms with Gasteiger partial charge >= 0.3 is 0 Å². The number of nitrogens with one attached hydrogen (secondary N) is 2. The van der Waals surface area contributed by atoms with Gasteiger partial charge in [0.05, 0.1) is 6.61 Å². The molecule has 1 heterocycles. The maximum Gasteiger partial charge on any atom is 0.243 e. The molecule has 1 aliphatic heterocycles. The number of hydrogen-bond donors (Lipinski definition) is 7. The second-order valence-corrected chi connectivity index (χ2v) is 5.06. The van der Waals surface area contributed by atoms with Crippen molar-refractivity contribution in [3.63, 3.8) is 0 Å². The van der Waals surface area contributed by atoms with E-state index in [1.165, 1.54) is 6.92 Å². The Hall–Kier alpha value is -0.910. The van der Waals surface area contributed by atoms with Crippen molar-refractivity contribution in [2.45, 2.75) is 43.6 Å². The number of aliphatic hydroxyl groups is 4. The van der Waals surface area contributed by atoms with Crippen molar-refractivity contribution < 1.29 is 34.8 Å². The monoisotopic (exact) mass is 324 g/mol. The highest BCUT2D eigenvalue weighted by Crippen LogP contribution is 2.19. The van der Waals surface area contributed by atoms with Crippen molar-refractivity contribution in [2.75, 3.05) is 12.4 Å². The Labute approximate surface area is 126 Å². The highest BCUT2D eigenvalue weighted by atomic mass is 32.1. The molecular weight excluding hydrogens is 304 g/mol. The number of thiol groups is 1. The molecule has 0 spiro atoms. The molecule has 1 aliphatic rings. The standard InChI is InChI=1S/C11H20N2O7S/c1-4(15)12-5(3-21)10(18)13-7-9(17)8(16)6(2-14)20-11(7)19/h5-9,11,14,16-17,19,21H,2-3H2,1H3,(H,12,15)(H,13,18)/t5?,6-,7-,8-,9-,11-/m1/s1. The van der Waals surface area contributed by atoms with Crippen LogP contribution in [-0.2, 0) is 14.3 Å². The first-order valence-electron chi connectivity index (χ1n) is 6.30. The van der Waals surface area contributed by atoms with Crippen molar-refractivity contribution >= 4 is 24.4 Å². The van der Waals surface area contributed by atoms with Gasteiger partial charge in [-0.05, 0) is 0 Å². The zero-order chi connectivity index (χ0) is 16.2. The summed E-state index contributed by atoms with van der Waals surface area (Å²) in [6.45, 7) is 0.633. The van der Waals surface area contributed by atoms with Crippen LogP contribution in [0, 0.1) is 0 Å². The van der Waals surface area contributed by atoms with Gasteiger partial charge in [0.2, 0.25) is 11.8 Å². The van der Waals surface area contributed by atoms with E-state index in [1.807, 2.05) is 0 Å². The summed E-state index contributed by atoms with van der Waals surface area (Å²) in [4.78, 5) is 22.9. The molecular formula is C11H20N2O7S. The third kappa shape index (κ3) is 4.53. The summed E-state index contributed by atoms with van der Waals surface area (Å²) in [5, 5.41) is 42.9. The largest absolute Gasteiger partial charge is 0.394 e. The average molecular weight is 324 g/mol. The van der Waals surface area contributed by atoms with Crippen LogP contribution >= 0.6 is 12.6 Å². The third-order valence-electron chi connectivity index (χ3n) is 3.09. The molecule has 122 valence electrons. The molecule has 21 heavy (non-hydrogen) atoms. The van der Waals surface area contributed by atoms with Gasteiger partial charge in [-0.15, -0.1) is 0 Å². The molecule has 6 N–H and O–H groups in total. The summed E-state index contributed by atoms with van der Waals surface area (Å²) < 4.78 is 4.90. The lowest BCUT2D eigenvalue weighted by molar-refractivity contribution is -0.253. The van der Waals surface area contributed by atoms with Gasteiger partial charge < -0.3 is 35.8 Å². The van der Waals surface area contributed by atoms with Crippen LogP contribution in [-0.4, -0.2) is 81.3 Å². The molecule has 0 aromatic carbocycles. The van der Waals surface area contributed by atoms with Gasteiger partial charge in [0.1, 0.15) is 30.4 Å². The SMILES string of the molecule is CC(=O)NC(CS)C(=O)N[C@@H]1[C@@H](O)[C@H](O)[C@@H](CO)O[C@H]1O. The van der Waals surface area contributed by atoms with E-state index >= 15 is 0 Å². The third-order valence-corrected chi connectivity index (χ3v) is 3.45. The predicted molar refractivity (Wildman–Crippen MR) is 73.4 cm³/mol. The molecule has 2 amide bonds. The van der Waals surface area contributed by atoms with Gasteiger partial charge in [0, 0.05) is 12.7 Å². The Morgan fingerprint density at radius 2 is 1.90 bits per heavy atom. The van der Waals surface area contributed by atoms with E-state index in [9.17, 15) is 24.9 Å². The second kappa shape index (κ2) is 7.92. The summed E-state index contributed by atoms with van der Waals surface area (Å²) in [6.07, 6.45) is -5.77. The van der Waals surface area contributed by atoms with Gasteiger partial charge in [-0.25, -0.2) is 0 Å². The molecule has 1 fully saturated rings. The first-order chi connectivity index (χ1) is 9.81. The van der Waals surface area contributed by atoms with E-state index in [0.29, 0.717) is 0 Å². The predicted octanol–water partition coefficient (Wildman–Crippen LogP) is -3.66. The molecule has 1 rings (SSSR count). The minimum atomic E-state index is -1.61. The highest BCUT2D eigenvalue weighted by Gasteiger charge is 2.44. The smallest absolute Gasteiger partial charge is 0.243 e. The lowest BCUT2D eigenvalue weighted by Crippen LogP contribution is -2.65. The number of rotatable bonds is 5. The van der Waals surface area contributed by atoms with E-state index in [4.69, 9.17) is 9.84 Å². The van der Waals surface area contributed by atoms with Gasteiger partial charge in [-0.2, -0.15) is 12.6 Å². The van der Waals surface area contributed by atoms with Gasteiger partial charge in [0.15, 0.2) is 6.29 Å². The van der Waals surface area contributed by atoms with Gasteiger partial charge in [-0.1, -0.05) is 0 Å². The molecule has 0 aromatic rings. The maximum absolute atomic E-state index is 11.9. The normalized spacial score (nSPS) is 34.1. The Balaban J connectivity index is 2.72. The molecule has 0 radical (unpaired) electrons. The summed E-state index contributed by atoms with van der Waals surface area (Å²) >= 11 is 3.93. The number of ether oxygens (including phenoxy) is 1. The Kier molecular flexibility index (Phi) is 6.84. The van der Waals surface area contributed by atoms with Crippen LogP contribution in [0.2, 0.25) is 0 Å². The number of carbonyl (C=O) groups is 2. The fourth-order valence-electron chi connectivity index (χ4n) is 1.96. The highest BCUT2D eigenvalue weighted by molar-refractivity contribution is 7.80. The van der Waals surface area contributed by atoms with Crippen LogP contribution in [0.25, 0.3) is 0 Å². The fraction of sp³-hybridized carbons (Fsp3) is 0.818. The molecule has 0 aromatic heterocycles. The van der Waals surface area contributed by atoms with Crippen LogP contribution in [0.3, 0.4) is 0 Å². The fourth-order valence-corrected chi connectivity index (χ4v) is 2.21. The van der Waals surface area contributed by atoms with Crippen molar-refractivity contribution in [3.05, 3.63) is 0 Å². The van der Waals surface area contributed by atoms with E-state index in [2.05, 4.69) is 23.3 Å². The van der Waals surface area contributed by atoms with Crippen LogP contribution in [0.5, 0.6) is 0 Å². The van der Waals surface area contributed by atoms with Crippen LogP contribution in [0.1, 0.15) is 6.92 Å². The maximum atomic E-state index is 11.9. The summed E-state index contributed by atoms with van der Waals surface area (Å²) in [6, 6.07) is -2.26. The average Bonchev–Trinajstić information content (AvgIpc) is 2.44. The molecule has 0 saturated carbocycles. The zero-order valence-electron chi connectivity index (χ0n) is 11.3. The van der Waals surface area contributed by atoms with Crippen molar-refractivity contribution in [1.82, 2.24) is 10.6 Å². The molecule has 0 bridgehead atoms. The lowest BCUT2D eigenvalue weighted by atomic mass is 9.97.